The van der Waals surface area contributed by atoms with E-state index in [-0.39, 0.29) is 84.1 Å². The number of sulfone groups is 1. The first-order valence-electron chi connectivity index (χ1n) is 21.0. The molecule has 3 aliphatic rings. The van der Waals surface area contributed by atoms with Crippen molar-refractivity contribution in [3.8, 4) is 5.88 Å². The van der Waals surface area contributed by atoms with Crippen LogP contribution in [0.3, 0.4) is 0 Å². The third kappa shape index (κ3) is 13.7. The maximum atomic E-state index is 14.1. The number of carbonyl (C=O) groups excluding carboxylic acids is 1. The van der Waals surface area contributed by atoms with Gasteiger partial charge in [-0.2, -0.15) is 0 Å². The third-order valence-electron chi connectivity index (χ3n) is 10.4. The van der Waals surface area contributed by atoms with Crippen molar-refractivity contribution >= 4 is 46.7 Å². The second-order valence-corrected chi connectivity index (χ2v) is 34.8. The Kier molecular flexibility index (Phi) is 15.6. The van der Waals surface area contributed by atoms with Crippen LogP contribution in [-0.4, -0.2) is 112 Å². The number of esters is 1. The Labute approximate surface area is 360 Å². The fraction of sp³-hybridized carbons (Fsp3) is 0.690. The highest BCUT2D eigenvalue weighted by Gasteiger charge is 2.52. The monoisotopic (exact) mass is 908 g/mol. The largest absolute Gasteiger partial charge is 0.472 e. The van der Waals surface area contributed by atoms with Gasteiger partial charge in [0.1, 0.15) is 13.2 Å². The van der Waals surface area contributed by atoms with Gasteiger partial charge in [0.05, 0.1) is 42.0 Å². The van der Waals surface area contributed by atoms with Gasteiger partial charge in [-0.05, 0) is 116 Å². The molecule has 0 aliphatic carbocycles. The summed E-state index contributed by atoms with van der Waals surface area (Å²) in [6.45, 7) is 29.9. The lowest BCUT2D eigenvalue weighted by atomic mass is 9.85. The van der Waals surface area contributed by atoms with Gasteiger partial charge in [0, 0.05) is 30.9 Å². The van der Waals surface area contributed by atoms with E-state index in [0.29, 0.717) is 13.0 Å². The van der Waals surface area contributed by atoms with Crippen LogP contribution < -0.4 is 4.74 Å². The lowest BCUT2D eigenvalue weighted by Gasteiger charge is -2.47. The van der Waals surface area contributed by atoms with E-state index in [1.165, 1.54) is 13.0 Å². The molecule has 0 amide bonds. The summed E-state index contributed by atoms with van der Waals surface area (Å²) in [7, 11) is -9.92. The van der Waals surface area contributed by atoms with Crippen molar-refractivity contribution in [3.63, 3.8) is 0 Å². The Morgan fingerprint density at radius 2 is 1.57 bits per heavy atom. The lowest BCUT2D eigenvalue weighted by Crippen LogP contribution is -2.58. The number of carbonyl (C=O) groups is 1. The van der Waals surface area contributed by atoms with Gasteiger partial charge in [0.15, 0.2) is 36.8 Å². The van der Waals surface area contributed by atoms with E-state index in [1.54, 1.807) is 30.3 Å². The van der Waals surface area contributed by atoms with Gasteiger partial charge in [-0.1, -0.05) is 30.2 Å². The zero-order valence-electron chi connectivity index (χ0n) is 38.0. The summed E-state index contributed by atoms with van der Waals surface area (Å²) in [5, 5.41) is 2.58. The van der Waals surface area contributed by atoms with E-state index in [1.807, 2.05) is 13.8 Å². The summed E-state index contributed by atoms with van der Waals surface area (Å²) in [4.78, 5) is 15.9. The number of epoxide rings is 1. The summed E-state index contributed by atoms with van der Waals surface area (Å²) in [5.41, 5.74) is 1.78. The molecule has 2 aromatic rings. The number of aryl methyl sites for hydroxylation is 1. The van der Waals surface area contributed by atoms with Crippen LogP contribution in [0.1, 0.15) is 58.0 Å². The highest BCUT2D eigenvalue weighted by molar-refractivity contribution is 7.92. The number of aliphatic imine (C=N–C) groups is 1. The van der Waals surface area contributed by atoms with Crippen LogP contribution in [0.2, 0.25) is 58.9 Å². The predicted molar refractivity (Wildman–Crippen MR) is 236 cm³/mol. The van der Waals surface area contributed by atoms with Crippen molar-refractivity contribution in [1.29, 1.82) is 0 Å². The van der Waals surface area contributed by atoms with Crippen molar-refractivity contribution in [2.45, 2.75) is 159 Å². The Hall–Kier alpha value is -2.69. The Balaban J connectivity index is 1.37. The maximum Gasteiger partial charge on any atom is 0.302 e. The number of rotatable bonds is 20. The van der Waals surface area contributed by atoms with Crippen molar-refractivity contribution in [3.05, 3.63) is 53.3 Å². The van der Waals surface area contributed by atoms with E-state index in [2.05, 4.69) is 82.9 Å². The molecular formula is C42H68N2O12SSi3. The first kappa shape index (κ1) is 48.3. The molecule has 0 saturated carbocycles. The van der Waals surface area contributed by atoms with Crippen LogP contribution in [0.15, 0.2) is 56.4 Å². The van der Waals surface area contributed by atoms with Crippen LogP contribution in [0.4, 0.5) is 0 Å². The number of aromatic nitrogens is 1. The minimum Gasteiger partial charge on any atom is -0.472 e. The molecule has 60 heavy (non-hydrogen) atoms. The molecule has 2 fully saturated rings. The molecule has 5 rings (SSSR count). The SMILES string of the molecule is CC(=O)OCCOc1cc(C2OC(/C=C(\C)C[C@@H]3OC[C@H](C[C@@H]4O[C@H]4[C@@H](C)[C@H](C)O[Si](C)(C)C)[C@@H](O[Si](C)(C)C)[C@H]3O[Si](C)(C)C)=NC2S(=O)(=O)c2ccc(C)cc2)on1. The second kappa shape index (κ2) is 19.4. The predicted octanol–water partition coefficient (Wildman–Crippen LogP) is 8.02. The highest BCUT2D eigenvalue weighted by Crippen LogP contribution is 2.42. The zero-order valence-corrected chi connectivity index (χ0v) is 41.8. The van der Waals surface area contributed by atoms with Crippen molar-refractivity contribution in [2.75, 3.05) is 19.8 Å². The van der Waals surface area contributed by atoms with Gasteiger partial charge in [-0.3, -0.25) is 4.79 Å². The van der Waals surface area contributed by atoms with E-state index < -0.39 is 52.2 Å². The van der Waals surface area contributed by atoms with Crippen LogP contribution in [0.25, 0.3) is 0 Å². The summed E-state index contributed by atoms with van der Waals surface area (Å²) >= 11 is 0. The van der Waals surface area contributed by atoms with Gasteiger partial charge in [0.25, 0.3) is 5.88 Å². The standard InChI is InChI=1S/C42H68N2O12SSi3/c1-26-15-17-32(18-16-26)57(46,47)42-41(35-24-37(44-53-35)49-20-19-48-30(5)45)52-36(43-42)22-27(2)21-33-40(56-60(12,13)14)39(55-59(9,10)11)31(25-50-33)23-34-38(51-34)28(3)29(4)54-58(6,7)8/h15-18,22,24,28-29,31,33-34,38-42H,19-21,23,25H2,1-14H3/b27-22+/t28-,29-,31-,33-,34-,38-,39+,40-,41?,42?/m0/s1. The molecule has 10 atom stereocenters. The molecule has 0 spiro atoms. The van der Waals surface area contributed by atoms with Gasteiger partial charge in [0.2, 0.25) is 21.1 Å². The molecule has 1 aromatic carbocycles. The molecule has 18 heteroatoms. The van der Waals surface area contributed by atoms with Gasteiger partial charge in [-0.25, -0.2) is 13.4 Å². The third-order valence-corrected chi connectivity index (χ3v) is 15.3. The summed E-state index contributed by atoms with van der Waals surface area (Å²) in [5.74, 6) is 0.248. The van der Waals surface area contributed by atoms with Crippen LogP contribution in [0, 0.1) is 18.8 Å². The van der Waals surface area contributed by atoms with E-state index >= 15 is 0 Å². The Morgan fingerprint density at radius 1 is 0.917 bits per heavy atom. The molecule has 2 unspecified atom stereocenters. The number of nitrogens with zero attached hydrogens (tertiary/aromatic N) is 2. The zero-order chi connectivity index (χ0) is 44.4. The minimum atomic E-state index is -4.05. The van der Waals surface area contributed by atoms with E-state index in [0.717, 1.165) is 17.6 Å². The molecule has 2 saturated heterocycles. The molecular weight excluding hydrogens is 841 g/mol. The second-order valence-electron chi connectivity index (χ2n) is 19.4. The molecule has 3 aliphatic heterocycles. The van der Waals surface area contributed by atoms with Crippen molar-refractivity contribution < 1.29 is 54.7 Å². The van der Waals surface area contributed by atoms with E-state index in [9.17, 15) is 13.2 Å². The smallest absolute Gasteiger partial charge is 0.302 e. The van der Waals surface area contributed by atoms with Gasteiger partial charge >= 0.3 is 5.97 Å². The molecule has 1 aromatic heterocycles. The molecule has 0 radical (unpaired) electrons. The molecule has 4 heterocycles. The number of ether oxygens (including phenoxy) is 5. The van der Waals surface area contributed by atoms with Crippen molar-refractivity contribution in [2.24, 2.45) is 16.8 Å². The average molecular weight is 909 g/mol. The number of hydrogen-bond acceptors (Lipinski definition) is 14. The first-order valence-corrected chi connectivity index (χ1v) is 32.8. The fourth-order valence-electron chi connectivity index (χ4n) is 7.63. The summed E-state index contributed by atoms with van der Waals surface area (Å²) in [6, 6.07) is 8.07. The summed E-state index contributed by atoms with van der Waals surface area (Å²) in [6.07, 6.45) is 1.35. The maximum absolute atomic E-state index is 14.1. The van der Waals surface area contributed by atoms with Gasteiger partial charge < -0.3 is 41.5 Å². The molecule has 336 valence electrons. The van der Waals surface area contributed by atoms with E-state index in [4.69, 9.17) is 41.5 Å². The quantitative estimate of drug-likeness (QED) is 0.0543. The van der Waals surface area contributed by atoms with Crippen molar-refractivity contribution in [1.82, 2.24) is 5.16 Å². The summed E-state index contributed by atoms with van der Waals surface area (Å²) < 4.78 is 84.1. The van der Waals surface area contributed by atoms with Gasteiger partial charge in [-0.15, -0.1) is 0 Å². The first-order chi connectivity index (χ1) is 27.8. The highest BCUT2D eigenvalue weighted by atomic mass is 32.2. The van der Waals surface area contributed by atoms with Crippen LogP contribution >= 0.6 is 0 Å². The topological polar surface area (TPSA) is 167 Å². The fourth-order valence-corrected chi connectivity index (χ4v) is 12.8. The van der Waals surface area contributed by atoms with Crippen LogP contribution in [-0.2, 0) is 46.9 Å². The molecule has 0 bridgehead atoms. The number of benzene rings is 1. The lowest BCUT2D eigenvalue weighted by molar-refractivity contribution is -0.152. The normalized spacial score (nSPS) is 27.5. The molecule has 0 N–H and O–H groups in total. The Morgan fingerprint density at radius 3 is 2.18 bits per heavy atom. The Bertz CT molecular complexity index is 1940. The molecule has 14 nitrogen and oxygen atoms in total. The minimum absolute atomic E-state index is 0.0161. The van der Waals surface area contributed by atoms with Crippen LogP contribution in [0.5, 0.6) is 5.88 Å². The number of hydrogen-bond donors (Lipinski definition) is 0. The average Bonchev–Trinajstić information content (AvgIpc) is 3.48.